The van der Waals surface area contributed by atoms with E-state index in [4.69, 9.17) is 5.11 Å². The first-order valence-corrected chi connectivity index (χ1v) is 7.00. The molecule has 100 valence electrons. The maximum atomic E-state index is 10.7. The molecule has 0 aliphatic heterocycles. The van der Waals surface area contributed by atoms with E-state index in [1.165, 1.54) is 32.1 Å². The first-order chi connectivity index (χ1) is 8.02. The number of carboxylic acid groups (broad SMARTS) is 1. The number of carbonyl (C=O) groups is 1. The van der Waals surface area contributed by atoms with E-state index >= 15 is 0 Å². The van der Waals surface area contributed by atoms with Crippen LogP contribution in [0.25, 0.3) is 0 Å². The van der Waals surface area contributed by atoms with E-state index in [2.05, 4.69) is 25.7 Å². The van der Waals surface area contributed by atoms with Crippen LogP contribution in [0.3, 0.4) is 0 Å². The molecule has 0 aromatic heterocycles. The SMILES string of the molecule is CC(C)N(CCC(=O)O)C(C)C1CCCCC1. The van der Waals surface area contributed by atoms with Crippen LogP contribution in [0.5, 0.6) is 0 Å². The highest BCUT2D eigenvalue weighted by atomic mass is 16.4. The Kier molecular flexibility index (Phi) is 5.96. The van der Waals surface area contributed by atoms with Crippen molar-refractivity contribution in [2.45, 2.75) is 71.4 Å². The van der Waals surface area contributed by atoms with Gasteiger partial charge in [0.25, 0.3) is 0 Å². The van der Waals surface area contributed by atoms with Crippen LogP contribution in [0.1, 0.15) is 59.3 Å². The van der Waals surface area contributed by atoms with Gasteiger partial charge in [-0.1, -0.05) is 19.3 Å². The van der Waals surface area contributed by atoms with E-state index in [0.29, 0.717) is 18.6 Å². The summed E-state index contributed by atoms with van der Waals surface area (Å²) >= 11 is 0. The molecule has 3 nitrogen and oxygen atoms in total. The molecule has 0 aromatic rings. The average molecular weight is 241 g/mol. The minimum atomic E-state index is -0.688. The van der Waals surface area contributed by atoms with Crippen LogP contribution in [-0.4, -0.2) is 34.6 Å². The lowest BCUT2D eigenvalue weighted by Gasteiger charge is -2.39. The zero-order chi connectivity index (χ0) is 12.8. The van der Waals surface area contributed by atoms with Gasteiger partial charge in [-0.2, -0.15) is 0 Å². The van der Waals surface area contributed by atoms with E-state index in [0.717, 1.165) is 5.92 Å². The molecule has 17 heavy (non-hydrogen) atoms. The molecule has 0 heterocycles. The molecule has 0 amide bonds. The third-order valence-corrected chi connectivity index (χ3v) is 4.10. The van der Waals surface area contributed by atoms with Gasteiger partial charge in [-0.15, -0.1) is 0 Å². The summed E-state index contributed by atoms with van der Waals surface area (Å²) in [7, 11) is 0. The van der Waals surface area contributed by atoms with Crippen LogP contribution < -0.4 is 0 Å². The topological polar surface area (TPSA) is 40.5 Å². The van der Waals surface area contributed by atoms with E-state index in [1.54, 1.807) is 0 Å². The van der Waals surface area contributed by atoms with Crippen molar-refractivity contribution in [3.63, 3.8) is 0 Å². The minimum Gasteiger partial charge on any atom is -0.481 e. The van der Waals surface area contributed by atoms with E-state index in [1.807, 2.05) is 0 Å². The third-order valence-electron chi connectivity index (χ3n) is 4.10. The number of nitrogens with zero attached hydrogens (tertiary/aromatic N) is 1. The Hall–Kier alpha value is -0.570. The molecule has 0 bridgehead atoms. The monoisotopic (exact) mass is 241 g/mol. The second-order valence-electron chi connectivity index (χ2n) is 5.61. The van der Waals surface area contributed by atoms with Crippen LogP contribution >= 0.6 is 0 Å². The Morgan fingerprint density at radius 1 is 1.24 bits per heavy atom. The third kappa shape index (κ3) is 4.66. The molecule has 1 unspecified atom stereocenters. The summed E-state index contributed by atoms with van der Waals surface area (Å²) in [5.74, 6) is 0.0754. The van der Waals surface area contributed by atoms with Gasteiger partial charge >= 0.3 is 5.97 Å². The first kappa shape index (κ1) is 14.5. The summed E-state index contributed by atoms with van der Waals surface area (Å²) in [4.78, 5) is 13.1. The van der Waals surface area contributed by atoms with Crippen molar-refractivity contribution in [3.05, 3.63) is 0 Å². The molecular formula is C14H27NO2. The quantitative estimate of drug-likeness (QED) is 0.776. The van der Waals surface area contributed by atoms with Gasteiger partial charge in [-0.05, 0) is 39.5 Å². The van der Waals surface area contributed by atoms with E-state index in [9.17, 15) is 4.79 Å². The lowest BCUT2D eigenvalue weighted by atomic mass is 9.83. The molecule has 1 aliphatic carbocycles. The summed E-state index contributed by atoms with van der Waals surface area (Å²) < 4.78 is 0. The van der Waals surface area contributed by atoms with Gasteiger partial charge < -0.3 is 5.11 Å². The Morgan fingerprint density at radius 2 is 1.82 bits per heavy atom. The number of carboxylic acids is 1. The highest BCUT2D eigenvalue weighted by molar-refractivity contribution is 5.66. The molecule has 1 rings (SSSR count). The number of hydrogen-bond donors (Lipinski definition) is 1. The lowest BCUT2D eigenvalue weighted by Crippen LogP contribution is -2.44. The van der Waals surface area contributed by atoms with Crippen LogP contribution in [0, 0.1) is 5.92 Å². The number of aliphatic carboxylic acids is 1. The zero-order valence-electron chi connectivity index (χ0n) is 11.5. The second-order valence-corrected chi connectivity index (χ2v) is 5.61. The summed E-state index contributed by atoms with van der Waals surface area (Å²) in [6.07, 6.45) is 6.96. The van der Waals surface area contributed by atoms with Crippen molar-refractivity contribution in [3.8, 4) is 0 Å². The van der Waals surface area contributed by atoms with Gasteiger partial charge in [0.2, 0.25) is 0 Å². The van der Waals surface area contributed by atoms with Crippen molar-refractivity contribution in [1.82, 2.24) is 4.90 Å². The van der Waals surface area contributed by atoms with Crippen molar-refractivity contribution in [1.29, 1.82) is 0 Å². The van der Waals surface area contributed by atoms with Gasteiger partial charge in [-0.25, -0.2) is 0 Å². The summed E-state index contributed by atoms with van der Waals surface area (Å²) in [6, 6.07) is 0.959. The molecule has 1 atom stereocenters. The van der Waals surface area contributed by atoms with Gasteiger partial charge in [0, 0.05) is 18.6 Å². The predicted molar refractivity (Wildman–Crippen MR) is 70.1 cm³/mol. The van der Waals surface area contributed by atoms with Gasteiger partial charge in [-0.3, -0.25) is 9.69 Å². The average Bonchev–Trinajstić information content (AvgIpc) is 2.29. The lowest BCUT2D eigenvalue weighted by molar-refractivity contribution is -0.137. The molecule has 1 saturated carbocycles. The van der Waals surface area contributed by atoms with Gasteiger partial charge in [0.05, 0.1) is 6.42 Å². The summed E-state index contributed by atoms with van der Waals surface area (Å²) in [6.45, 7) is 7.30. The molecule has 0 spiro atoms. The van der Waals surface area contributed by atoms with Gasteiger partial charge in [0.1, 0.15) is 0 Å². The fraction of sp³-hybridized carbons (Fsp3) is 0.929. The number of rotatable bonds is 6. The Labute approximate surface area is 105 Å². The minimum absolute atomic E-state index is 0.259. The maximum absolute atomic E-state index is 10.7. The Morgan fingerprint density at radius 3 is 2.29 bits per heavy atom. The normalized spacial score (nSPS) is 19.8. The van der Waals surface area contributed by atoms with Crippen molar-refractivity contribution >= 4 is 5.97 Å². The fourth-order valence-electron chi connectivity index (χ4n) is 3.04. The highest BCUT2D eigenvalue weighted by Gasteiger charge is 2.26. The molecule has 0 radical (unpaired) electrons. The van der Waals surface area contributed by atoms with Crippen LogP contribution in [0.2, 0.25) is 0 Å². The Balaban J connectivity index is 2.52. The van der Waals surface area contributed by atoms with Crippen LogP contribution in [-0.2, 0) is 4.79 Å². The molecule has 0 aromatic carbocycles. The fourth-order valence-corrected chi connectivity index (χ4v) is 3.04. The molecule has 1 fully saturated rings. The molecular weight excluding hydrogens is 214 g/mol. The first-order valence-electron chi connectivity index (χ1n) is 7.00. The number of hydrogen-bond acceptors (Lipinski definition) is 2. The Bertz CT molecular complexity index is 234. The van der Waals surface area contributed by atoms with E-state index < -0.39 is 5.97 Å². The van der Waals surface area contributed by atoms with Crippen LogP contribution in [0.4, 0.5) is 0 Å². The molecule has 0 saturated heterocycles. The zero-order valence-corrected chi connectivity index (χ0v) is 11.5. The highest BCUT2D eigenvalue weighted by Crippen LogP contribution is 2.29. The second kappa shape index (κ2) is 7.00. The largest absolute Gasteiger partial charge is 0.481 e. The molecule has 3 heteroatoms. The summed E-state index contributed by atoms with van der Waals surface area (Å²) in [5, 5.41) is 8.81. The van der Waals surface area contributed by atoms with Crippen LogP contribution in [0.15, 0.2) is 0 Å². The molecule has 1 aliphatic rings. The van der Waals surface area contributed by atoms with Gasteiger partial charge in [0.15, 0.2) is 0 Å². The standard InChI is InChI=1S/C14H27NO2/c1-11(2)15(10-9-14(16)17)12(3)13-7-5-4-6-8-13/h11-13H,4-10H2,1-3H3,(H,16,17). The predicted octanol–water partition coefficient (Wildman–Crippen LogP) is 3.14. The van der Waals surface area contributed by atoms with Crippen molar-refractivity contribution < 1.29 is 9.90 Å². The molecule has 1 N–H and O–H groups in total. The maximum Gasteiger partial charge on any atom is 0.304 e. The van der Waals surface area contributed by atoms with Crippen molar-refractivity contribution in [2.24, 2.45) is 5.92 Å². The van der Waals surface area contributed by atoms with Crippen molar-refractivity contribution in [2.75, 3.05) is 6.54 Å². The van der Waals surface area contributed by atoms with E-state index in [-0.39, 0.29) is 6.42 Å². The summed E-state index contributed by atoms with van der Waals surface area (Å²) in [5.41, 5.74) is 0. The smallest absolute Gasteiger partial charge is 0.304 e.